The van der Waals surface area contributed by atoms with Crippen molar-refractivity contribution < 1.29 is 19.4 Å². The molecule has 1 saturated heterocycles. The number of thioether (sulfide) groups is 1. The summed E-state index contributed by atoms with van der Waals surface area (Å²) in [6, 6.07) is 1.94. The molecule has 6 nitrogen and oxygen atoms in total. The third-order valence-electron chi connectivity index (χ3n) is 3.11. The molecule has 24 heavy (non-hydrogen) atoms. The number of allylic oxidation sites excluding steroid dienone is 4. The van der Waals surface area contributed by atoms with Gasteiger partial charge in [-0.05, 0) is 36.1 Å². The van der Waals surface area contributed by atoms with E-state index in [1.54, 1.807) is 12.2 Å². The fourth-order valence-corrected chi connectivity index (χ4v) is 4.05. The third kappa shape index (κ3) is 3.53. The number of amides is 1. The lowest BCUT2D eigenvalue weighted by Crippen LogP contribution is -2.33. The Balaban J connectivity index is 1.70. The van der Waals surface area contributed by atoms with Gasteiger partial charge in [0.2, 0.25) is 5.06 Å². The monoisotopic (exact) mass is 380 g/mol. The summed E-state index contributed by atoms with van der Waals surface area (Å²) in [4.78, 5) is 24.4. The van der Waals surface area contributed by atoms with Crippen LogP contribution in [-0.2, 0) is 9.59 Å². The minimum Gasteiger partial charge on any atom is -0.480 e. The molecule has 1 amide bonds. The number of hydrogen-bond donors (Lipinski definition) is 2. The lowest BCUT2D eigenvalue weighted by Gasteiger charge is -2.10. The predicted molar refractivity (Wildman–Crippen MR) is 98.0 cm³/mol. The van der Waals surface area contributed by atoms with Crippen LogP contribution in [0.2, 0.25) is 0 Å². The highest BCUT2D eigenvalue weighted by molar-refractivity contribution is 8.26. The van der Waals surface area contributed by atoms with Crippen molar-refractivity contribution in [2.45, 2.75) is 6.92 Å². The number of aliphatic carboxylic acids is 1. The van der Waals surface area contributed by atoms with E-state index in [0.29, 0.717) is 10.8 Å². The lowest BCUT2D eigenvalue weighted by molar-refractivity contribution is -0.140. The van der Waals surface area contributed by atoms with Crippen molar-refractivity contribution >= 4 is 57.2 Å². The topological polar surface area (TPSA) is 78.9 Å². The van der Waals surface area contributed by atoms with Crippen LogP contribution < -0.4 is 10.1 Å². The van der Waals surface area contributed by atoms with Crippen molar-refractivity contribution in [3.63, 3.8) is 0 Å². The van der Waals surface area contributed by atoms with Gasteiger partial charge in [0.15, 0.2) is 5.88 Å². The first-order valence-electron chi connectivity index (χ1n) is 6.82. The molecule has 2 aliphatic rings. The number of thiophene rings is 1. The van der Waals surface area contributed by atoms with Crippen molar-refractivity contribution in [2.24, 2.45) is 0 Å². The normalized spacial score (nSPS) is 20.5. The molecule has 0 spiro atoms. The van der Waals surface area contributed by atoms with E-state index >= 15 is 0 Å². The lowest BCUT2D eigenvalue weighted by atomic mass is 10.2. The fourth-order valence-electron chi connectivity index (χ4n) is 2.03. The Bertz CT molecular complexity index is 800. The average Bonchev–Trinajstić information content (AvgIpc) is 3.15. The minimum absolute atomic E-state index is 0.255. The van der Waals surface area contributed by atoms with Crippen LogP contribution in [0, 0.1) is 0 Å². The molecule has 3 heterocycles. The Hall–Kier alpha value is -2.10. The molecule has 0 aliphatic carbocycles. The van der Waals surface area contributed by atoms with Crippen LogP contribution in [-0.4, -0.2) is 32.7 Å². The average molecular weight is 380 g/mol. The van der Waals surface area contributed by atoms with Gasteiger partial charge in [0.05, 0.1) is 10.6 Å². The highest BCUT2D eigenvalue weighted by Gasteiger charge is 2.33. The summed E-state index contributed by atoms with van der Waals surface area (Å²) >= 11 is 7.66. The van der Waals surface area contributed by atoms with Crippen molar-refractivity contribution in [3.8, 4) is 5.06 Å². The van der Waals surface area contributed by atoms with Gasteiger partial charge in [-0.15, -0.1) is 11.3 Å². The van der Waals surface area contributed by atoms with Gasteiger partial charge in [0.1, 0.15) is 10.9 Å². The van der Waals surface area contributed by atoms with Crippen LogP contribution in [0.5, 0.6) is 5.06 Å². The third-order valence-corrected chi connectivity index (χ3v) is 5.28. The van der Waals surface area contributed by atoms with Crippen LogP contribution in [0.25, 0.3) is 0 Å². The van der Waals surface area contributed by atoms with Gasteiger partial charge in [-0.2, -0.15) is 0 Å². The van der Waals surface area contributed by atoms with Gasteiger partial charge in [0, 0.05) is 0 Å². The summed E-state index contributed by atoms with van der Waals surface area (Å²) in [5, 5.41) is 14.7. The molecule has 2 aliphatic heterocycles. The van der Waals surface area contributed by atoms with Gasteiger partial charge in [-0.1, -0.05) is 30.1 Å². The van der Waals surface area contributed by atoms with E-state index in [1.165, 1.54) is 11.3 Å². The molecular formula is C15H12N2O4S3. The van der Waals surface area contributed by atoms with Gasteiger partial charge < -0.3 is 15.2 Å². The number of hydrogen-bond acceptors (Lipinski definition) is 7. The Morgan fingerprint density at radius 2 is 2.33 bits per heavy atom. The molecule has 0 bridgehead atoms. The number of ether oxygens (including phenoxy) is 1. The first-order valence-corrected chi connectivity index (χ1v) is 8.92. The van der Waals surface area contributed by atoms with E-state index in [4.69, 9.17) is 22.1 Å². The maximum atomic E-state index is 12.2. The molecule has 1 aromatic heterocycles. The number of carbonyl (C=O) groups is 2. The standard InChI is InChI=1S/C15H12N2O4S3/c1-8(2-3-11-16-9-4-5-23-14(9)21-11)6-10-13(20)17(7-12(18)19)15(22)24-10/h2-6,16H,7H2,1H3,(H,18,19). The van der Waals surface area contributed by atoms with Gasteiger partial charge in [-0.25, -0.2) is 0 Å². The molecule has 0 unspecified atom stereocenters. The summed E-state index contributed by atoms with van der Waals surface area (Å²) in [5.74, 6) is -0.866. The molecule has 2 N–H and O–H groups in total. The Labute approximate surface area is 151 Å². The van der Waals surface area contributed by atoms with Gasteiger partial charge in [-0.3, -0.25) is 14.5 Å². The zero-order valence-corrected chi connectivity index (χ0v) is 14.9. The number of carbonyl (C=O) groups excluding carboxylic acids is 1. The smallest absolute Gasteiger partial charge is 0.323 e. The molecule has 1 aromatic rings. The van der Waals surface area contributed by atoms with Gasteiger partial charge >= 0.3 is 5.97 Å². The van der Waals surface area contributed by atoms with Crippen LogP contribution in [0.1, 0.15) is 6.92 Å². The Kier molecular flexibility index (Phi) is 4.74. The number of fused-ring (bicyclic) bond motifs is 1. The van der Waals surface area contributed by atoms with Crippen molar-refractivity contribution in [1.29, 1.82) is 0 Å². The molecule has 3 rings (SSSR count). The number of rotatable bonds is 4. The fraction of sp³-hybridized carbons (Fsp3) is 0.133. The Morgan fingerprint density at radius 1 is 1.54 bits per heavy atom. The second-order valence-corrected chi connectivity index (χ2v) is 7.51. The number of nitrogens with one attached hydrogen (secondary N) is 1. The molecular weight excluding hydrogens is 368 g/mol. The van der Waals surface area contributed by atoms with Crippen molar-refractivity contribution in [2.75, 3.05) is 11.9 Å². The van der Waals surface area contributed by atoms with E-state index < -0.39 is 12.5 Å². The molecule has 124 valence electrons. The zero-order chi connectivity index (χ0) is 17.3. The van der Waals surface area contributed by atoms with E-state index in [0.717, 1.165) is 33.0 Å². The highest BCUT2D eigenvalue weighted by atomic mass is 32.2. The maximum absolute atomic E-state index is 12.2. The number of nitrogens with zero attached hydrogens (tertiary/aromatic N) is 1. The minimum atomic E-state index is -1.10. The number of thiocarbonyl (C=S) groups is 1. The van der Waals surface area contributed by atoms with E-state index in [9.17, 15) is 9.59 Å². The van der Waals surface area contributed by atoms with Crippen LogP contribution in [0.15, 0.2) is 46.0 Å². The van der Waals surface area contributed by atoms with Crippen molar-refractivity contribution in [3.05, 3.63) is 46.0 Å². The van der Waals surface area contributed by atoms with Crippen LogP contribution in [0.3, 0.4) is 0 Å². The number of anilines is 1. The molecule has 9 heteroatoms. The first kappa shape index (κ1) is 16.7. The summed E-state index contributed by atoms with van der Waals surface area (Å²) in [5.41, 5.74) is 1.76. The second kappa shape index (κ2) is 6.80. The number of carboxylic acids is 1. The summed E-state index contributed by atoms with van der Waals surface area (Å²) in [6.07, 6.45) is 5.27. The molecule has 0 atom stereocenters. The quantitative estimate of drug-likeness (QED) is 0.613. The highest BCUT2D eigenvalue weighted by Crippen LogP contribution is 2.38. The largest absolute Gasteiger partial charge is 0.480 e. The number of carboxylic acid groups (broad SMARTS) is 1. The molecule has 0 saturated carbocycles. The molecule has 1 fully saturated rings. The van der Waals surface area contributed by atoms with E-state index in [1.807, 2.05) is 24.4 Å². The van der Waals surface area contributed by atoms with Crippen LogP contribution in [0.4, 0.5) is 5.69 Å². The molecule has 0 aromatic carbocycles. The second-order valence-electron chi connectivity index (χ2n) is 4.95. The summed E-state index contributed by atoms with van der Waals surface area (Å²) in [7, 11) is 0. The predicted octanol–water partition coefficient (Wildman–Crippen LogP) is 3.17. The Morgan fingerprint density at radius 3 is 3.04 bits per heavy atom. The van der Waals surface area contributed by atoms with Gasteiger partial charge in [0.25, 0.3) is 5.91 Å². The van der Waals surface area contributed by atoms with E-state index in [2.05, 4.69) is 5.32 Å². The SMILES string of the molecule is CC(=CC=C1Nc2ccsc2O1)C=C1SC(=S)N(CC(=O)O)C1=O. The molecule has 0 radical (unpaired) electrons. The first-order chi connectivity index (χ1) is 11.4. The maximum Gasteiger partial charge on any atom is 0.323 e. The summed E-state index contributed by atoms with van der Waals surface area (Å²) in [6.45, 7) is 1.42. The van der Waals surface area contributed by atoms with Crippen LogP contribution >= 0.6 is 35.3 Å². The van der Waals surface area contributed by atoms with Crippen molar-refractivity contribution in [1.82, 2.24) is 4.90 Å². The zero-order valence-electron chi connectivity index (χ0n) is 12.4. The van der Waals surface area contributed by atoms with E-state index in [-0.39, 0.29) is 10.2 Å². The summed E-state index contributed by atoms with van der Waals surface area (Å²) < 4.78 is 5.86.